The SMILES string of the molecule is COc1ccccc1NC(=O)[C@@H](C)Oc1cccc(Cl)c1. The largest absolute Gasteiger partial charge is 0.495 e. The number of hydrogen-bond donors (Lipinski definition) is 1. The van der Waals surface area contributed by atoms with Crippen LogP contribution in [0.1, 0.15) is 6.92 Å². The molecule has 2 aromatic carbocycles. The quantitative estimate of drug-likeness (QED) is 0.915. The number of carbonyl (C=O) groups is 1. The second kappa shape index (κ2) is 6.99. The van der Waals surface area contributed by atoms with Crippen molar-refractivity contribution in [1.82, 2.24) is 0 Å². The van der Waals surface area contributed by atoms with E-state index in [4.69, 9.17) is 21.1 Å². The molecule has 0 saturated carbocycles. The lowest BCUT2D eigenvalue weighted by Crippen LogP contribution is -2.30. The normalized spacial score (nSPS) is 11.6. The van der Waals surface area contributed by atoms with Gasteiger partial charge in [0, 0.05) is 5.02 Å². The average molecular weight is 306 g/mol. The highest BCUT2D eigenvalue weighted by molar-refractivity contribution is 6.30. The summed E-state index contributed by atoms with van der Waals surface area (Å²) in [6.07, 6.45) is -0.659. The van der Waals surface area contributed by atoms with Gasteiger partial charge in [-0.25, -0.2) is 0 Å². The maximum absolute atomic E-state index is 12.1. The number of benzene rings is 2. The van der Waals surface area contributed by atoms with E-state index in [0.29, 0.717) is 22.2 Å². The first-order valence-corrected chi connectivity index (χ1v) is 6.84. The maximum Gasteiger partial charge on any atom is 0.265 e. The Hall–Kier alpha value is -2.20. The Kier molecular flexibility index (Phi) is 5.06. The van der Waals surface area contributed by atoms with Crippen molar-refractivity contribution in [2.75, 3.05) is 12.4 Å². The van der Waals surface area contributed by atoms with E-state index in [2.05, 4.69) is 5.32 Å². The number of ether oxygens (including phenoxy) is 2. The van der Waals surface area contributed by atoms with Gasteiger partial charge in [-0.15, -0.1) is 0 Å². The molecule has 1 amide bonds. The fourth-order valence-corrected chi connectivity index (χ4v) is 1.96. The number of amides is 1. The van der Waals surface area contributed by atoms with E-state index in [9.17, 15) is 4.79 Å². The molecular weight excluding hydrogens is 290 g/mol. The standard InChI is InChI=1S/C16H16ClNO3/c1-11(21-13-7-5-6-12(17)10-13)16(19)18-14-8-3-4-9-15(14)20-2/h3-11H,1-2H3,(H,18,19)/t11-/m1/s1. The third-order valence-corrected chi connectivity index (χ3v) is 3.08. The first-order chi connectivity index (χ1) is 10.1. The van der Waals surface area contributed by atoms with Crippen LogP contribution < -0.4 is 14.8 Å². The third kappa shape index (κ3) is 4.13. The molecule has 110 valence electrons. The molecule has 4 nitrogen and oxygen atoms in total. The number of halogens is 1. The van der Waals surface area contributed by atoms with Crippen LogP contribution in [0.2, 0.25) is 5.02 Å². The van der Waals surface area contributed by atoms with Gasteiger partial charge in [-0.1, -0.05) is 29.8 Å². The van der Waals surface area contributed by atoms with Crippen LogP contribution in [0, 0.1) is 0 Å². The van der Waals surface area contributed by atoms with Gasteiger partial charge in [-0.2, -0.15) is 0 Å². The topological polar surface area (TPSA) is 47.6 Å². The third-order valence-electron chi connectivity index (χ3n) is 2.84. The minimum atomic E-state index is -0.659. The predicted octanol–water partition coefficient (Wildman–Crippen LogP) is 3.75. The van der Waals surface area contributed by atoms with Crippen molar-refractivity contribution in [2.24, 2.45) is 0 Å². The summed E-state index contributed by atoms with van der Waals surface area (Å²) in [6, 6.07) is 14.1. The Morgan fingerprint density at radius 2 is 1.95 bits per heavy atom. The zero-order chi connectivity index (χ0) is 15.2. The summed E-state index contributed by atoms with van der Waals surface area (Å²) in [4.78, 5) is 12.1. The molecule has 0 heterocycles. The summed E-state index contributed by atoms with van der Waals surface area (Å²) in [7, 11) is 1.55. The van der Waals surface area contributed by atoms with Crippen LogP contribution in [0.5, 0.6) is 11.5 Å². The zero-order valence-corrected chi connectivity index (χ0v) is 12.6. The molecule has 1 atom stereocenters. The number of carbonyl (C=O) groups excluding carboxylic acids is 1. The summed E-state index contributed by atoms with van der Waals surface area (Å²) in [5.41, 5.74) is 0.603. The fraction of sp³-hybridized carbons (Fsp3) is 0.188. The second-order valence-corrected chi connectivity index (χ2v) is 4.84. The van der Waals surface area contributed by atoms with Crippen LogP contribution in [0.15, 0.2) is 48.5 Å². The predicted molar refractivity (Wildman–Crippen MR) is 83.2 cm³/mol. The van der Waals surface area contributed by atoms with Gasteiger partial charge in [-0.05, 0) is 37.3 Å². The Bertz CT molecular complexity index is 630. The van der Waals surface area contributed by atoms with Crippen molar-refractivity contribution in [1.29, 1.82) is 0 Å². The molecule has 0 saturated heterocycles. The maximum atomic E-state index is 12.1. The molecule has 0 unspecified atom stereocenters. The minimum absolute atomic E-state index is 0.264. The second-order valence-electron chi connectivity index (χ2n) is 4.41. The molecule has 0 spiro atoms. The van der Waals surface area contributed by atoms with Crippen molar-refractivity contribution in [3.05, 3.63) is 53.6 Å². The van der Waals surface area contributed by atoms with Gasteiger partial charge in [0.05, 0.1) is 12.8 Å². The van der Waals surface area contributed by atoms with Gasteiger partial charge >= 0.3 is 0 Å². The van der Waals surface area contributed by atoms with Crippen LogP contribution in [0.3, 0.4) is 0 Å². The van der Waals surface area contributed by atoms with Crippen molar-refractivity contribution in [3.8, 4) is 11.5 Å². The summed E-state index contributed by atoms with van der Waals surface area (Å²) in [5.74, 6) is 0.880. The van der Waals surface area contributed by atoms with E-state index >= 15 is 0 Å². The molecule has 0 aromatic heterocycles. The van der Waals surface area contributed by atoms with Gasteiger partial charge in [0.2, 0.25) is 0 Å². The molecule has 0 bridgehead atoms. The van der Waals surface area contributed by atoms with Crippen LogP contribution in [-0.4, -0.2) is 19.1 Å². The van der Waals surface area contributed by atoms with Crippen molar-refractivity contribution in [3.63, 3.8) is 0 Å². The Labute approximate surface area is 128 Å². The number of anilines is 1. The highest BCUT2D eigenvalue weighted by Crippen LogP contribution is 2.24. The molecule has 2 rings (SSSR count). The Morgan fingerprint density at radius 3 is 2.67 bits per heavy atom. The van der Waals surface area contributed by atoms with E-state index in [0.717, 1.165) is 0 Å². The number of nitrogens with one attached hydrogen (secondary N) is 1. The summed E-state index contributed by atoms with van der Waals surface area (Å²) in [5, 5.41) is 3.33. The number of para-hydroxylation sites is 2. The minimum Gasteiger partial charge on any atom is -0.495 e. The lowest BCUT2D eigenvalue weighted by Gasteiger charge is -2.16. The number of rotatable bonds is 5. The Morgan fingerprint density at radius 1 is 1.19 bits per heavy atom. The van der Waals surface area contributed by atoms with E-state index in [-0.39, 0.29) is 5.91 Å². The first-order valence-electron chi connectivity index (χ1n) is 6.46. The molecule has 0 aliphatic heterocycles. The molecule has 5 heteroatoms. The lowest BCUT2D eigenvalue weighted by atomic mass is 10.2. The highest BCUT2D eigenvalue weighted by Gasteiger charge is 2.16. The first kappa shape index (κ1) is 15.2. The molecule has 0 aliphatic rings. The molecule has 0 aliphatic carbocycles. The molecule has 0 radical (unpaired) electrons. The van der Waals surface area contributed by atoms with Gasteiger partial charge < -0.3 is 14.8 Å². The van der Waals surface area contributed by atoms with Crippen LogP contribution in [-0.2, 0) is 4.79 Å². The van der Waals surface area contributed by atoms with Crippen molar-refractivity contribution >= 4 is 23.2 Å². The highest BCUT2D eigenvalue weighted by atomic mass is 35.5. The lowest BCUT2D eigenvalue weighted by molar-refractivity contribution is -0.122. The average Bonchev–Trinajstić information content (AvgIpc) is 2.47. The molecule has 2 aromatic rings. The van der Waals surface area contributed by atoms with Gasteiger partial charge in [-0.3, -0.25) is 4.79 Å². The van der Waals surface area contributed by atoms with E-state index in [1.807, 2.05) is 12.1 Å². The molecule has 0 fully saturated rings. The molecular formula is C16H16ClNO3. The smallest absolute Gasteiger partial charge is 0.265 e. The van der Waals surface area contributed by atoms with Gasteiger partial charge in [0.15, 0.2) is 6.10 Å². The van der Waals surface area contributed by atoms with Gasteiger partial charge in [0.25, 0.3) is 5.91 Å². The van der Waals surface area contributed by atoms with Crippen molar-refractivity contribution in [2.45, 2.75) is 13.0 Å². The van der Waals surface area contributed by atoms with E-state index in [1.165, 1.54) is 0 Å². The zero-order valence-electron chi connectivity index (χ0n) is 11.8. The Balaban J connectivity index is 2.02. The summed E-state index contributed by atoms with van der Waals surface area (Å²) in [6.45, 7) is 1.67. The summed E-state index contributed by atoms with van der Waals surface area (Å²) < 4.78 is 10.8. The number of methoxy groups -OCH3 is 1. The van der Waals surface area contributed by atoms with E-state index < -0.39 is 6.10 Å². The molecule has 21 heavy (non-hydrogen) atoms. The van der Waals surface area contributed by atoms with Gasteiger partial charge in [0.1, 0.15) is 11.5 Å². The summed E-state index contributed by atoms with van der Waals surface area (Å²) >= 11 is 5.88. The van der Waals surface area contributed by atoms with E-state index in [1.54, 1.807) is 50.4 Å². The van der Waals surface area contributed by atoms with Crippen molar-refractivity contribution < 1.29 is 14.3 Å². The number of hydrogen-bond acceptors (Lipinski definition) is 3. The van der Waals surface area contributed by atoms with Crippen LogP contribution in [0.4, 0.5) is 5.69 Å². The monoisotopic (exact) mass is 305 g/mol. The molecule has 1 N–H and O–H groups in total. The van der Waals surface area contributed by atoms with Crippen LogP contribution >= 0.6 is 11.6 Å². The fourth-order valence-electron chi connectivity index (χ4n) is 1.78. The van der Waals surface area contributed by atoms with Crippen LogP contribution in [0.25, 0.3) is 0 Å².